The fourth-order valence-corrected chi connectivity index (χ4v) is 1.66. The highest BCUT2D eigenvalue weighted by molar-refractivity contribution is 5.83. The molecule has 0 spiro atoms. The van der Waals surface area contributed by atoms with Gasteiger partial charge in [0.15, 0.2) is 0 Å². The third-order valence-corrected chi connectivity index (χ3v) is 2.57. The molecule has 0 unspecified atom stereocenters. The summed E-state index contributed by atoms with van der Waals surface area (Å²) in [5.74, 6) is -0.0835. The fraction of sp³-hybridized carbons (Fsp3) is 0.727. The Kier molecular flexibility index (Phi) is 4.76. The summed E-state index contributed by atoms with van der Waals surface area (Å²) in [6, 6.07) is 0. The molecule has 16 heavy (non-hydrogen) atoms. The molecule has 0 aromatic rings. The molecule has 0 radical (unpaired) electrons. The lowest BCUT2D eigenvalue weighted by atomic mass is 9.99. The van der Waals surface area contributed by atoms with E-state index in [2.05, 4.69) is 0 Å². The number of hydrogen-bond acceptors (Lipinski definition) is 5. The van der Waals surface area contributed by atoms with Gasteiger partial charge < -0.3 is 19.7 Å². The van der Waals surface area contributed by atoms with E-state index in [1.807, 2.05) is 6.92 Å². The lowest BCUT2D eigenvalue weighted by Gasteiger charge is -2.29. The van der Waals surface area contributed by atoms with Gasteiger partial charge in [0.2, 0.25) is 0 Å². The highest BCUT2D eigenvalue weighted by Gasteiger charge is 2.32. The number of hydrogen-bond donors (Lipinski definition) is 2. The topological polar surface area (TPSA) is 76.0 Å². The maximum Gasteiger partial charge on any atom is 0.334 e. The van der Waals surface area contributed by atoms with Crippen LogP contribution >= 0.6 is 0 Å². The molecule has 0 saturated heterocycles. The summed E-state index contributed by atoms with van der Waals surface area (Å²) >= 11 is 0. The predicted molar refractivity (Wildman–Crippen MR) is 56.5 cm³/mol. The molecular weight excluding hydrogens is 212 g/mol. The van der Waals surface area contributed by atoms with Gasteiger partial charge in [-0.3, -0.25) is 0 Å². The number of ether oxygens (including phenoxy) is 2. The van der Waals surface area contributed by atoms with Crippen LogP contribution in [-0.2, 0) is 14.3 Å². The average Bonchev–Trinajstić information content (AvgIpc) is 2.27. The van der Waals surface area contributed by atoms with Gasteiger partial charge >= 0.3 is 5.97 Å². The summed E-state index contributed by atoms with van der Waals surface area (Å²) in [6.45, 7) is 1.91. The van der Waals surface area contributed by atoms with Crippen molar-refractivity contribution in [3.63, 3.8) is 0 Å². The first-order valence-electron chi connectivity index (χ1n) is 5.39. The minimum absolute atomic E-state index is 0.296. The molecule has 0 aromatic heterocycles. The number of methoxy groups -OCH3 is 1. The highest BCUT2D eigenvalue weighted by atomic mass is 16.6. The van der Waals surface area contributed by atoms with Crippen molar-refractivity contribution < 1.29 is 24.5 Å². The van der Waals surface area contributed by atoms with Crippen molar-refractivity contribution in [2.24, 2.45) is 0 Å². The van der Waals surface area contributed by atoms with Crippen molar-refractivity contribution >= 4 is 5.97 Å². The summed E-state index contributed by atoms with van der Waals surface area (Å²) < 4.78 is 9.89. The minimum atomic E-state index is -1.07. The van der Waals surface area contributed by atoms with Crippen molar-refractivity contribution in [1.82, 2.24) is 0 Å². The molecule has 1 aliphatic rings. The van der Waals surface area contributed by atoms with E-state index < -0.39 is 24.3 Å². The number of carbonyl (C=O) groups excluding carboxylic acids is 1. The fourth-order valence-electron chi connectivity index (χ4n) is 1.66. The normalized spacial score (nSPS) is 24.4. The van der Waals surface area contributed by atoms with E-state index in [0.717, 1.165) is 6.42 Å². The van der Waals surface area contributed by atoms with Gasteiger partial charge in [-0.05, 0) is 6.42 Å². The molecule has 1 rings (SSSR count). The summed E-state index contributed by atoms with van der Waals surface area (Å²) in [6.07, 6.45) is 0.1000. The Balaban J connectivity index is 2.61. The molecule has 0 fully saturated rings. The van der Waals surface area contributed by atoms with E-state index in [0.29, 0.717) is 18.6 Å². The van der Waals surface area contributed by atoms with Crippen molar-refractivity contribution in [1.29, 1.82) is 0 Å². The zero-order chi connectivity index (χ0) is 12.1. The van der Waals surface area contributed by atoms with Gasteiger partial charge in [0.1, 0.15) is 18.0 Å². The van der Waals surface area contributed by atoms with E-state index >= 15 is 0 Å². The van der Waals surface area contributed by atoms with Crippen LogP contribution in [-0.4, -0.2) is 41.6 Å². The maximum atomic E-state index is 11.2. The molecule has 0 aromatic carbocycles. The lowest BCUT2D eigenvalue weighted by molar-refractivity contribution is -0.157. The molecule has 0 bridgehead atoms. The zero-order valence-electron chi connectivity index (χ0n) is 9.55. The van der Waals surface area contributed by atoms with Gasteiger partial charge in [-0.2, -0.15) is 0 Å². The third kappa shape index (κ3) is 3.21. The SMILES string of the molecule is CCC[C@H](O)[C@@H](O)[C@H]1CC(OC)=CC(=O)O1. The Hall–Kier alpha value is -1.07. The Labute approximate surface area is 94.7 Å². The van der Waals surface area contributed by atoms with Crippen LogP contribution in [0, 0.1) is 0 Å². The zero-order valence-corrected chi connectivity index (χ0v) is 9.55. The highest BCUT2D eigenvalue weighted by Crippen LogP contribution is 2.21. The summed E-state index contributed by atoms with van der Waals surface area (Å²) in [4.78, 5) is 11.2. The third-order valence-electron chi connectivity index (χ3n) is 2.57. The molecule has 3 atom stereocenters. The first-order valence-corrected chi connectivity index (χ1v) is 5.39. The maximum absolute atomic E-state index is 11.2. The molecule has 0 aliphatic carbocycles. The Bertz CT molecular complexity index is 274. The van der Waals surface area contributed by atoms with Gasteiger partial charge in [-0.1, -0.05) is 13.3 Å². The van der Waals surface area contributed by atoms with E-state index in [9.17, 15) is 15.0 Å². The molecule has 5 heteroatoms. The average molecular weight is 230 g/mol. The summed E-state index contributed by atoms with van der Waals surface area (Å²) in [7, 11) is 1.45. The molecule has 1 heterocycles. The van der Waals surface area contributed by atoms with Crippen LogP contribution in [0.1, 0.15) is 26.2 Å². The first-order chi connectivity index (χ1) is 7.58. The second kappa shape index (κ2) is 5.86. The Morgan fingerprint density at radius 2 is 2.31 bits per heavy atom. The van der Waals surface area contributed by atoms with Crippen molar-refractivity contribution in [2.75, 3.05) is 7.11 Å². The number of carbonyl (C=O) groups is 1. The number of aliphatic hydroxyl groups excluding tert-OH is 2. The van der Waals surface area contributed by atoms with Gasteiger partial charge in [0.25, 0.3) is 0 Å². The van der Waals surface area contributed by atoms with Crippen LogP contribution in [0.2, 0.25) is 0 Å². The number of aliphatic hydroxyl groups is 2. The number of esters is 1. The van der Waals surface area contributed by atoms with Crippen LogP contribution in [0.25, 0.3) is 0 Å². The smallest absolute Gasteiger partial charge is 0.334 e. The van der Waals surface area contributed by atoms with Crippen LogP contribution in [0.15, 0.2) is 11.8 Å². The molecule has 5 nitrogen and oxygen atoms in total. The van der Waals surface area contributed by atoms with Crippen LogP contribution < -0.4 is 0 Å². The second-order valence-corrected chi connectivity index (χ2v) is 3.84. The number of rotatable bonds is 5. The molecular formula is C11H18O5. The minimum Gasteiger partial charge on any atom is -0.501 e. The standard InChI is InChI=1S/C11H18O5/c1-3-4-8(12)11(14)9-5-7(15-2)6-10(13)16-9/h6,8-9,11-12,14H,3-5H2,1-2H3/t8-,9+,11+/m0/s1. The number of cyclic esters (lactones) is 1. The summed E-state index contributed by atoms with van der Waals surface area (Å²) in [5, 5.41) is 19.4. The molecule has 2 N–H and O–H groups in total. The van der Waals surface area contributed by atoms with Crippen molar-refractivity contribution in [3.8, 4) is 0 Å². The largest absolute Gasteiger partial charge is 0.501 e. The predicted octanol–water partition coefficient (Wildman–Crippen LogP) is 0.354. The Morgan fingerprint density at radius 1 is 1.62 bits per heavy atom. The molecule has 0 amide bonds. The van der Waals surface area contributed by atoms with Gasteiger partial charge in [0, 0.05) is 6.42 Å². The summed E-state index contributed by atoms with van der Waals surface area (Å²) in [5.41, 5.74) is 0. The first kappa shape index (κ1) is 13.0. The van der Waals surface area contributed by atoms with Crippen molar-refractivity contribution in [2.45, 2.75) is 44.5 Å². The van der Waals surface area contributed by atoms with E-state index in [-0.39, 0.29) is 0 Å². The van der Waals surface area contributed by atoms with Gasteiger partial charge in [-0.25, -0.2) is 4.79 Å². The van der Waals surface area contributed by atoms with E-state index in [1.54, 1.807) is 0 Å². The van der Waals surface area contributed by atoms with E-state index in [4.69, 9.17) is 9.47 Å². The molecule has 1 aliphatic heterocycles. The van der Waals surface area contributed by atoms with Crippen LogP contribution in [0.3, 0.4) is 0 Å². The van der Waals surface area contributed by atoms with Gasteiger partial charge in [0.05, 0.1) is 19.3 Å². The monoisotopic (exact) mass is 230 g/mol. The van der Waals surface area contributed by atoms with Crippen LogP contribution in [0.5, 0.6) is 0 Å². The lowest BCUT2D eigenvalue weighted by Crippen LogP contribution is -2.41. The van der Waals surface area contributed by atoms with Gasteiger partial charge in [-0.15, -0.1) is 0 Å². The van der Waals surface area contributed by atoms with Crippen molar-refractivity contribution in [3.05, 3.63) is 11.8 Å². The Morgan fingerprint density at radius 3 is 2.88 bits per heavy atom. The second-order valence-electron chi connectivity index (χ2n) is 3.84. The molecule has 0 saturated carbocycles. The quantitative estimate of drug-likeness (QED) is 0.667. The molecule has 92 valence electrons. The van der Waals surface area contributed by atoms with E-state index in [1.165, 1.54) is 13.2 Å². The van der Waals surface area contributed by atoms with Crippen LogP contribution in [0.4, 0.5) is 0 Å².